The fourth-order valence-electron chi connectivity index (χ4n) is 1.99. The van der Waals surface area contributed by atoms with Crippen LogP contribution in [-0.4, -0.2) is 24.7 Å². The monoisotopic (exact) mass is 313 g/mol. The Morgan fingerprint density at radius 1 is 1.22 bits per heavy atom. The van der Waals surface area contributed by atoms with E-state index in [1.54, 1.807) is 43.5 Å². The zero-order valence-electron chi connectivity index (χ0n) is 13.1. The molecule has 2 aromatic rings. The lowest BCUT2D eigenvalue weighted by Crippen LogP contribution is -2.07. The molecule has 0 aliphatic carbocycles. The van der Waals surface area contributed by atoms with Gasteiger partial charge in [-0.25, -0.2) is 0 Å². The Balaban J connectivity index is 2.07. The third kappa shape index (κ3) is 4.51. The summed E-state index contributed by atoms with van der Waals surface area (Å²) in [6.07, 6.45) is 3.05. The highest BCUT2D eigenvalue weighted by Crippen LogP contribution is 2.28. The van der Waals surface area contributed by atoms with Gasteiger partial charge in [-0.2, -0.15) is 0 Å². The van der Waals surface area contributed by atoms with E-state index in [1.165, 1.54) is 12.1 Å². The van der Waals surface area contributed by atoms with E-state index < -0.39 is 0 Å². The molecule has 0 fully saturated rings. The number of aromatic hydroxyl groups is 1. The van der Waals surface area contributed by atoms with Crippen LogP contribution in [0.25, 0.3) is 6.08 Å². The Hall–Kier alpha value is -2.95. The minimum absolute atomic E-state index is 0.0250. The second-order valence-electron chi connectivity index (χ2n) is 4.68. The highest BCUT2D eigenvalue weighted by molar-refractivity contribution is 6.02. The molecule has 0 spiro atoms. The first-order chi connectivity index (χ1) is 11.1. The molecule has 120 valence electrons. The summed E-state index contributed by atoms with van der Waals surface area (Å²) in [7, 11) is 1.57. The molecule has 2 N–H and O–H groups in total. The average molecular weight is 313 g/mol. The van der Waals surface area contributed by atoms with Crippen LogP contribution in [0.3, 0.4) is 0 Å². The normalized spacial score (nSPS) is 10.5. The Morgan fingerprint density at radius 3 is 2.70 bits per heavy atom. The van der Waals surface area contributed by atoms with Crippen LogP contribution in [0.15, 0.2) is 48.5 Å². The molecule has 5 nitrogen and oxygen atoms in total. The summed E-state index contributed by atoms with van der Waals surface area (Å²) in [5.41, 5.74) is 1.17. The standard InChI is InChI=1S/C18H19NO4/c1-3-23-16-10-8-13(12-17(16)22-2)9-11-18(21)19-14-6-4-5-7-15(14)20/h4-12,20H,3H2,1-2H3,(H,19,21)/b11-9+. The number of hydrogen-bond acceptors (Lipinski definition) is 4. The number of hydrogen-bond donors (Lipinski definition) is 2. The predicted octanol–water partition coefficient (Wildman–Crippen LogP) is 3.45. The first kappa shape index (κ1) is 16.4. The Bertz CT molecular complexity index is 710. The third-order valence-electron chi connectivity index (χ3n) is 3.08. The first-order valence-electron chi connectivity index (χ1n) is 7.22. The van der Waals surface area contributed by atoms with Crippen molar-refractivity contribution in [2.24, 2.45) is 0 Å². The van der Waals surface area contributed by atoms with Crippen molar-refractivity contribution in [1.82, 2.24) is 0 Å². The molecule has 2 rings (SSSR count). The van der Waals surface area contributed by atoms with E-state index >= 15 is 0 Å². The van der Waals surface area contributed by atoms with Crippen molar-refractivity contribution in [2.75, 3.05) is 19.0 Å². The second-order valence-corrected chi connectivity index (χ2v) is 4.68. The zero-order valence-corrected chi connectivity index (χ0v) is 13.1. The van der Waals surface area contributed by atoms with Crippen molar-refractivity contribution in [1.29, 1.82) is 0 Å². The summed E-state index contributed by atoms with van der Waals surface area (Å²) < 4.78 is 10.7. The molecule has 0 saturated carbocycles. The summed E-state index contributed by atoms with van der Waals surface area (Å²) in [4.78, 5) is 11.9. The summed E-state index contributed by atoms with van der Waals surface area (Å²) in [5, 5.41) is 12.2. The van der Waals surface area contributed by atoms with Gasteiger partial charge in [0, 0.05) is 6.08 Å². The van der Waals surface area contributed by atoms with Gasteiger partial charge in [0.2, 0.25) is 5.91 Å². The van der Waals surface area contributed by atoms with Crippen molar-refractivity contribution in [3.05, 3.63) is 54.1 Å². The second kappa shape index (κ2) is 7.89. The van der Waals surface area contributed by atoms with Gasteiger partial charge in [0.1, 0.15) is 5.75 Å². The number of methoxy groups -OCH3 is 1. The number of anilines is 1. The molecule has 2 aromatic carbocycles. The fourth-order valence-corrected chi connectivity index (χ4v) is 1.99. The number of ether oxygens (including phenoxy) is 2. The van der Waals surface area contributed by atoms with E-state index in [0.29, 0.717) is 23.8 Å². The van der Waals surface area contributed by atoms with Gasteiger partial charge in [-0.1, -0.05) is 18.2 Å². The number of carbonyl (C=O) groups excluding carboxylic acids is 1. The van der Waals surface area contributed by atoms with Crippen LogP contribution in [0.4, 0.5) is 5.69 Å². The van der Waals surface area contributed by atoms with E-state index in [0.717, 1.165) is 5.56 Å². The molecular weight excluding hydrogens is 294 g/mol. The highest BCUT2D eigenvalue weighted by Gasteiger charge is 2.05. The minimum atomic E-state index is -0.334. The average Bonchev–Trinajstić information content (AvgIpc) is 2.56. The largest absolute Gasteiger partial charge is 0.506 e. The lowest BCUT2D eigenvalue weighted by Gasteiger charge is -2.09. The smallest absolute Gasteiger partial charge is 0.248 e. The van der Waals surface area contributed by atoms with Crippen LogP contribution in [-0.2, 0) is 4.79 Å². The maximum atomic E-state index is 11.9. The Morgan fingerprint density at radius 2 is 2.00 bits per heavy atom. The predicted molar refractivity (Wildman–Crippen MR) is 89.9 cm³/mol. The molecule has 0 aromatic heterocycles. The van der Waals surface area contributed by atoms with Crippen LogP contribution in [0.1, 0.15) is 12.5 Å². The van der Waals surface area contributed by atoms with Gasteiger partial charge >= 0.3 is 0 Å². The fraction of sp³-hybridized carbons (Fsp3) is 0.167. The van der Waals surface area contributed by atoms with E-state index in [9.17, 15) is 9.90 Å². The zero-order chi connectivity index (χ0) is 16.7. The molecule has 5 heteroatoms. The topological polar surface area (TPSA) is 67.8 Å². The van der Waals surface area contributed by atoms with Gasteiger partial charge in [0.15, 0.2) is 11.5 Å². The molecule has 0 aliphatic heterocycles. The molecule has 0 atom stereocenters. The molecule has 23 heavy (non-hydrogen) atoms. The SMILES string of the molecule is CCOc1ccc(/C=C/C(=O)Nc2ccccc2O)cc1OC. The lowest BCUT2D eigenvalue weighted by molar-refractivity contribution is -0.111. The van der Waals surface area contributed by atoms with Crippen molar-refractivity contribution in [2.45, 2.75) is 6.92 Å². The van der Waals surface area contributed by atoms with Crippen molar-refractivity contribution in [3.8, 4) is 17.2 Å². The number of benzene rings is 2. The molecule has 1 amide bonds. The Kier molecular flexibility index (Phi) is 5.63. The highest BCUT2D eigenvalue weighted by atomic mass is 16.5. The van der Waals surface area contributed by atoms with Crippen LogP contribution >= 0.6 is 0 Å². The number of carbonyl (C=O) groups is 1. The molecule has 0 radical (unpaired) electrons. The quantitative estimate of drug-likeness (QED) is 0.633. The van der Waals surface area contributed by atoms with E-state index in [1.807, 2.05) is 13.0 Å². The summed E-state index contributed by atoms with van der Waals surface area (Å²) in [6.45, 7) is 2.45. The van der Waals surface area contributed by atoms with Crippen molar-refractivity contribution < 1.29 is 19.4 Å². The summed E-state index contributed by atoms with van der Waals surface area (Å²) in [5.74, 6) is 0.956. The van der Waals surface area contributed by atoms with Crippen LogP contribution in [0.2, 0.25) is 0 Å². The van der Waals surface area contributed by atoms with Gasteiger partial charge in [0.25, 0.3) is 0 Å². The number of para-hydroxylation sites is 2. The number of nitrogens with one attached hydrogen (secondary N) is 1. The van der Waals surface area contributed by atoms with Crippen LogP contribution in [0, 0.1) is 0 Å². The Labute approximate surface area is 135 Å². The number of rotatable bonds is 6. The van der Waals surface area contributed by atoms with E-state index in [-0.39, 0.29) is 11.7 Å². The minimum Gasteiger partial charge on any atom is -0.506 e. The lowest BCUT2D eigenvalue weighted by atomic mass is 10.2. The van der Waals surface area contributed by atoms with Gasteiger partial charge in [-0.15, -0.1) is 0 Å². The van der Waals surface area contributed by atoms with Crippen LogP contribution in [0.5, 0.6) is 17.2 Å². The number of phenols is 1. The third-order valence-corrected chi connectivity index (χ3v) is 3.08. The molecule has 0 aliphatic rings. The maximum Gasteiger partial charge on any atom is 0.248 e. The first-order valence-corrected chi connectivity index (χ1v) is 7.22. The molecule has 0 heterocycles. The summed E-state index contributed by atoms with van der Waals surface area (Å²) >= 11 is 0. The maximum absolute atomic E-state index is 11.9. The van der Waals surface area contributed by atoms with Gasteiger partial charge in [-0.05, 0) is 42.8 Å². The van der Waals surface area contributed by atoms with Crippen molar-refractivity contribution >= 4 is 17.7 Å². The number of phenolic OH excluding ortho intramolecular Hbond substituents is 1. The molecule has 0 unspecified atom stereocenters. The van der Waals surface area contributed by atoms with E-state index in [4.69, 9.17) is 9.47 Å². The summed E-state index contributed by atoms with van der Waals surface area (Å²) in [6, 6.07) is 12.0. The number of amides is 1. The van der Waals surface area contributed by atoms with Crippen molar-refractivity contribution in [3.63, 3.8) is 0 Å². The van der Waals surface area contributed by atoms with E-state index in [2.05, 4.69) is 5.32 Å². The van der Waals surface area contributed by atoms with Gasteiger partial charge < -0.3 is 19.9 Å². The van der Waals surface area contributed by atoms with Gasteiger partial charge in [-0.3, -0.25) is 4.79 Å². The molecule has 0 saturated heterocycles. The molecular formula is C18H19NO4. The molecule has 0 bridgehead atoms. The van der Waals surface area contributed by atoms with Gasteiger partial charge in [0.05, 0.1) is 19.4 Å². The van der Waals surface area contributed by atoms with Crippen LogP contribution < -0.4 is 14.8 Å².